The highest BCUT2D eigenvalue weighted by Gasteiger charge is 2.70. The predicted octanol–water partition coefficient (Wildman–Crippen LogP) is 6.36. The Kier molecular flexibility index (Phi) is 5.99. The van der Waals surface area contributed by atoms with E-state index in [2.05, 4.69) is 41.2 Å². The van der Waals surface area contributed by atoms with Gasteiger partial charge in [-0.2, -0.15) is 0 Å². The molecule has 0 heterocycles. The first kappa shape index (κ1) is 25.3. The Hall–Kier alpha value is -0.380. The summed E-state index contributed by atoms with van der Waals surface area (Å²) in [4.78, 5) is 0. The van der Waals surface area contributed by atoms with Crippen molar-refractivity contribution in [1.29, 1.82) is 0 Å². The van der Waals surface area contributed by atoms with Gasteiger partial charge in [0.2, 0.25) is 0 Å². The maximum absolute atomic E-state index is 11.0. The Labute approximate surface area is 208 Å². The van der Waals surface area contributed by atoms with Crippen molar-refractivity contribution in [3.8, 4) is 0 Å². The molecule has 5 aliphatic rings. The number of hydrogen-bond donors (Lipinski definition) is 3. The number of aliphatic hydroxyl groups excluding tert-OH is 3. The molecule has 5 saturated carbocycles. The van der Waals surface area contributed by atoms with Gasteiger partial charge in [-0.15, -0.1) is 0 Å². The van der Waals surface area contributed by atoms with Gasteiger partial charge in [-0.3, -0.25) is 0 Å². The molecule has 3 nitrogen and oxygen atoms in total. The van der Waals surface area contributed by atoms with Crippen LogP contribution in [0.25, 0.3) is 0 Å². The van der Waals surface area contributed by atoms with Crippen molar-refractivity contribution in [2.75, 3.05) is 13.2 Å². The molecule has 0 aliphatic heterocycles. The monoisotopic (exact) mass is 472 g/mol. The molecule has 4 unspecified atom stereocenters. The molecule has 194 valence electrons. The second-order valence-electron chi connectivity index (χ2n) is 14.6. The molecular weight excluding hydrogens is 420 g/mol. The Morgan fingerprint density at radius 2 is 1.56 bits per heavy atom. The van der Waals surface area contributed by atoms with Crippen LogP contribution in [0.1, 0.15) is 105 Å². The summed E-state index contributed by atoms with van der Waals surface area (Å²) in [5.74, 6) is 2.95. The van der Waals surface area contributed by atoms with Gasteiger partial charge in [-0.05, 0) is 121 Å². The molecule has 0 bridgehead atoms. The van der Waals surface area contributed by atoms with E-state index in [0.717, 1.165) is 30.8 Å². The van der Waals surface area contributed by atoms with Gasteiger partial charge in [-0.1, -0.05) is 47.6 Å². The Morgan fingerprint density at radius 1 is 0.824 bits per heavy atom. The van der Waals surface area contributed by atoms with Crippen molar-refractivity contribution in [2.45, 2.75) is 111 Å². The quantitative estimate of drug-likeness (QED) is 0.417. The topological polar surface area (TPSA) is 60.7 Å². The lowest BCUT2D eigenvalue weighted by Gasteiger charge is -2.73. The minimum atomic E-state index is -0.379. The van der Waals surface area contributed by atoms with Crippen LogP contribution >= 0.6 is 0 Å². The van der Waals surface area contributed by atoms with Gasteiger partial charge in [-0.25, -0.2) is 0 Å². The van der Waals surface area contributed by atoms with Crippen molar-refractivity contribution in [3.63, 3.8) is 0 Å². The molecule has 3 heteroatoms. The minimum Gasteiger partial charge on any atom is -0.396 e. The lowest BCUT2D eigenvalue weighted by atomic mass is 9.32. The molecule has 11 atom stereocenters. The average molecular weight is 473 g/mol. The molecule has 0 saturated heterocycles. The normalized spacial score (nSPS) is 56.7. The number of hydrogen-bond acceptors (Lipinski definition) is 3. The van der Waals surface area contributed by atoms with E-state index in [9.17, 15) is 15.3 Å². The first-order chi connectivity index (χ1) is 16.0. The van der Waals surface area contributed by atoms with Crippen LogP contribution in [0.4, 0.5) is 0 Å². The molecule has 0 amide bonds. The summed E-state index contributed by atoms with van der Waals surface area (Å²) in [6.45, 7) is 17.0. The standard InChI is InChI=1S/C31H52O3/c1-7-31-15-10-21(20(2)18-32)26(31)22-8-9-24-27(3)13-12-25(34)28(4,19-33)23(27)11-14-30(24,6)29(22,5)16-17-31/h21-26,32-34H,2,7-19H2,1,3-6H3/t21?,22?,23-,24?,25+,26?,27+,28+,29-,30-,31-/m1/s1. The molecule has 0 radical (unpaired) electrons. The van der Waals surface area contributed by atoms with Crippen molar-refractivity contribution in [1.82, 2.24) is 0 Å². The summed E-state index contributed by atoms with van der Waals surface area (Å²) in [5.41, 5.74) is 1.98. The van der Waals surface area contributed by atoms with Gasteiger partial charge < -0.3 is 15.3 Å². The van der Waals surface area contributed by atoms with Gasteiger partial charge in [0.05, 0.1) is 19.3 Å². The van der Waals surface area contributed by atoms with E-state index in [1.165, 1.54) is 51.4 Å². The molecular formula is C31H52O3. The molecule has 34 heavy (non-hydrogen) atoms. The third-order valence-electron chi connectivity index (χ3n) is 14.2. The molecule has 5 rings (SSSR count). The Morgan fingerprint density at radius 3 is 2.21 bits per heavy atom. The van der Waals surface area contributed by atoms with Crippen LogP contribution < -0.4 is 0 Å². The van der Waals surface area contributed by atoms with Crippen LogP contribution in [0, 0.1) is 56.7 Å². The second kappa shape index (κ2) is 8.06. The SMILES string of the molecule is C=C(CO)C1CC[C@]2(CC)CC[C@]3(C)C(CCC4[C@@]5(C)CC[C@H](O)[C@@](C)(CO)[C@@H]5CC[C@]43C)C12. The summed E-state index contributed by atoms with van der Waals surface area (Å²) in [7, 11) is 0. The zero-order valence-corrected chi connectivity index (χ0v) is 22.7. The van der Waals surface area contributed by atoms with E-state index in [0.29, 0.717) is 39.9 Å². The largest absolute Gasteiger partial charge is 0.396 e. The summed E-state index contributed by atoms with van der Waals surface area (Å²) < 4.78 is 0. The van der Waals surface area contributed by atoms with Crippen molar-refractivity contribution in [2.24, 2.45) is 56.7 Å². The molecule has 0 aromatic carbocycles. The van der Waals surface area contributed by atoms with Crippen LogP contribution in [-0.4, -0.2) is 34.6 Å². The lowest BCUT2D eigenvalue weighted by Crippen LogP contribution is -2.67. The van der Waals surface area contributed by atoms with Crippen LogP contribution in [0.5, 0.6) is 0 Å². The van der Waals surface area contributed by atoms with E-state index >= 15 is 0 Å². The summed E-state index contributed by atoms with van der Waals surface area (Å²) in [5, 5.41) is 31.5. The fraction of sp³-hybridized carbons (Fsp3) is 0.935. The molecule has 0 aromatic heterocycles. The third kappa shape index (κ3) is 2.93. The van der Waals surface area contributed by atoms with Crippen LogP contribution in [0.2, 0.25) is 0 Å². The van der Waals surface area contributed by atoms with E-state index in [-0.39, 0.29) is 30.1 Å². The van der Waals surface area contributed by atoms with Crippen LogP contribution in [0.15, 0.2) is 12.2 Å². The molecule has 0 aromatic rings. The number of rotatable bonds is 4. The highest BCUT2D eigenvalue weighted by Crippen LogP contribution is 2.77. The van der Waals surface area contributed by atoms with E-state index in [4.69, 9.17) is 0 Å². The average Bonchev–Trinajstić information content (AvgIpc) is 3.22. The highest BCUT2D eigenvalue weighted by atomic mass is 16.3. The smallest absolute Gasteiger partial charge is 0.0641 e. The predicted molar refractivity (Wildman–Crippen MR) is 138 cm³/mol. The fourth-order valence-electron chi connectivity index (χ4n) is 11.9. The van der Waals surface area contributed by atoms with Gasteiger partial charge >= 0.3 is 0 Å². The zero-order chi connectivity index (χ0) is 24.7. The van der Waals surface area contributed by atoms with Gasteiger partial charge in [0.1, 0.15) is 0 Å². The van der Waals surface area contributed by atoms with Gasteiger partial charge in [0, 0.05) is 5.41 Å². The minimum absolute atomic E-state index is 0.101. The van der Waals surface area contributed by atoms with Crippen molar-refractivity contribution >= 4 is 0 Å². The van der Waals surface area contributed by atoms with Gasteiger partial charge in [0.25, 0.3) is 0 Å². The maximum Gasteiger partial charge on any atom is 0.0641 e. The molecule has 3 N–H and O–H groups in total. The van der Waals surface area contributed by atoms with E-state index in [1.54, 1.807) is 0 Å². The second-order valence-corrected chi connectivity index (χ2v) is 14.6. The fourth-order valence-corrected chi connectivity index (χ4v) is 11.9. The van der Waals surface area contributed by atoms with E-state index < -0.39 is 0 Å². The van der Waals surface area contributed by atoms with Gasteiger partial charge in [0.15, 0.2) is 0 Å². The number of fused-ring (bicyclic) bond motifs is 7. The first-order valence-electron chi connectivity index (χ1n) is 14.5. The van der Waals surface area contributed by atoms with E-state index in [1.807, 2.05) is 0 Å². The molecule has 0 spiro atoms. The Bertz CT molecular complexity index is 823. The lowest BCUT2D eigenvalue weighted by molar-refractivity contribution is -0.254. The molecule has 5 fully saturated rings. The van der Waals surface area contributed by atoms with Crippen molar-refractivity contribution in [3.05, 3.63) is 12.2 Å². The summed E-state index contributed by atoms with van der Waals surface area (Å²) in [6.07, 6.45) is 13.0. The van der Waals surface area contributed by atoms with Crippen LogP contribution in [-0.2, 0) is 0 Å². The number of aliphatic hydroxyl groups is 3. The highest BCUT2D eigenvalue weighted by molar-refractivity contribution is 5.22. The van der Waals surface area contributed by atoms with Crippen molar-refractivity contribution < 1.29 is 15.3 Å². The Balaban J connectivity index is 1.54. The zero-order valence-electron chi connectivity index (χ0n) is 22.7. The first-order valence-corrected chi connectivity index (χ1v) is 14.5. The summed E-state index contributed by atoms with van der Waals surface area (Å²) in [6, 6.07) is 0. The summed E-state index contributed by atoms with van der Waals surface area (Å²) >= 11 is 0. The van der Waals surface area contributed by atoms with Crippen LogP contribution in [0.3, 0.4) is 0 Å². The third-order valence-corrected chi connectivity index (χ3v) is 14.2. The maximum atomic E-state index is 11.0. The molecule has 5 aliphatic carbocycles.